The molecule has 0 radical (unpaired) electrons. The number of fused-ring (bicyclic) bond motifs is 6. The molecule has 12 atom stereocenters. The molecule has 8 rings (SSSR count). The second kappa shape index (κ2) is 19.3. The number of primary amides is 2. The average Bonchev–Trinajstić information content (AvgIpc) is 3.28. The average molecular weight is 997 g/mol. The number of carbonyl (C=O) groups excluding carboxylic acids is 6. The number of phenolic OH excluding ortho intramolecular Hbond substituents is 2. The van der Waals surface area contributed by atoms with Crippen molar-refractivity contribution in [3.63, 3.8) is 0 Å². The Kier molecular flexibility index (Phi) is 12.3. The molecule has 22 nitrogen and oxygen atoms in total. The molecule has 17 N–H and O–H groups in total. The third-order valence-electron chi connectivity index (χ3n) is 13.0. The van der Waals surface area contributed by atoms with E-state index < -0.39 is 199 Å². The number of likely N-dealkylation sites (N-methyl/N-ethyl adjacent to an activating group) is 2. The first-order chi connectivity index (χ1) is 34.3. The third kappa shape index (κ3) is 7.66. The molecule has 376 valence electrons. The van der Waals surface area contributed by atoms with E-state index in [1.807, 2.05) is 0 Å². The molecule has 0 saturated heterocycles. The van der Waals surface area contributed by atoms with Crippen LogP contribution in [0.3, 0.4) is 0 Å². The number of aliphatic hydroxyl groups is 9. The van der Waals surface area contributed by atoms with Gasteiger partial charge in [0.25, 0.3) is 11.8 Å². The topological polar surface area (TPSA) is 415 Å². The quantitative estimate of drug-likeness (QED) is 0.156. The number of benzene rings is 2. The van der Waals surface area contributed by atoms with E-state index in [1.54, 1.807) is 6.92 Å². The first-order valence-corrected chi connectivity index (χ1v) is 20.2. The predicted octanol–water partition coefficient (Wildman–Crippen LogP) is -1.41. The van der Waals surface area contributed by atoms with Gasteiger partial charge < -0.3 is 73.1 Å². The number of nitrogens with two attached hydrogens (primary N) is 2. The van der Waals surface area contributed by atoms with Gasteiger partial charge in [-0.3, -0.25) is 38.6 Å². The zero-order chi connectivity index (χ0) is 57.3. The highest BCUT2D eigenvalue weighted by Gasteiger charge is 2.70. The first kappa shape index (κ1) is 44.0. The highest BCUT2D eigenvalue weighted by Crippen LogP contribution is 2.58. The van der Waals surface area contributed by atoms with E-state index in [0.29, 0.717) is 0 Å². The lowest BCUT2D eigenvalue weighted by atomic mass is 9.54. The Morgan fingerprint density at radius 1 is 0.667 bits per heavy atom. The minimum atomic E-state index is -3.27. The van der Waals surface area contributed by atoms with Crippen LogP contribution >= 0.6 is 12.4 Å². The Bertz CT molecular complexity index is 2810. The molecule has 0 bridgehead atoms. The normalized spacial score (nSPS) is 36.3. The number of aliphatic hydroxyl groups excluding tert-OH is 7. The molecule has 2 amide bonds. The lowest BCUT2D eigenvalue weighted by Crippen LogP contribution is -2.70. The number of hydrogen-bond acceptors (Lipinski definition) is 19. The van der Waals surface area contributed by atoms with Crippen LogP contribution in [0.1, 0.15) is 65.6 Å². The number of phenols is 2. The standard InChI is InChI=1S/2C22H24N2O8.C2H6O.ClH.H2O/c2*1-7-8-5-4-6-9(25)11(8)16(26)12-10(7)17(27)14-15(24(2)3)18(28)13(21(23)31)20(30)22(14,32)19(12)29;1-2-3;;/h2*4-7,10,14-15,17,25-27,30,32H,1-3H3,(H2,23,31);3H,2H2,1H3;1H;1H2/t2*7-,10+,14+,15-,17-,22-;;;/m00.../s1/i2*1D3,7D;;;. The van der Waals surface area contributed by atoms with Gasteiger partial charge in [0.2, 0.25) is 11.6 Å². The number of ketones is 4. The Balaban J connectivity index is 0.000000309. The summed E-state index contributed by atoms with van der Waals surface area (Å²) in [5, 5.41) is 118. The molecule has 2 saturated carbocycles. The van der Waals surface area contributed by atoms with E-state index in [2.05, 4.69) is 0 Å². The van der Waals surface area contributed by atoms with E-state index in [0.717, 1.165) is 34.1 Å². The number of rotatable bonds is 4. The van der Waals surface area contributed by atoms with Crippen molar-refractivity contribution in [3.05, 3.63) is 92.5 Å². The lowest BCUT2D eigenvalue weighted by Gasteiger charge is -2.53. The SMILES string of the molecule is CCO.Cl.O.[2H]C([2H])([2H])[C@@]1([2H])c2cccc(O)c2C(O)=C2C(=O)[C@]3(O)C(O)=C(C(N)=O)C(=O)[C@@H](N(C)C)[C@@H]3[C@@H](O)[C@@H]21.[2H]C([2H])([2H])[C@@]1([2H])c2cccc(O)c2C(O)=C2C(=O)[C@]3(O)C(O)=C(C(N)=O)C(=O)[C@@H](N(C)C)[C@@H]3[C@@H](O)[C@@H]21. The van der Waals surface area contributed by atoms with Gasteiger partial charge in [0, 0.05) is 40.6 Å². The van der Waals surface area contributed by atoms with Crippen LogP contribution in [0.25, 0.3) is 11.5 Å². The van der Waals surface area contributed by atoms with Crippen molar-refractivity contribution in [2.45, 2.75) is 67.9 Å². The van der Waals surface area contributed by atoms with Gasteiger partial charge in [0.05, 0.1) is 47.3 Å². The van der Waals surface area contributed by atoms with Crippen molar-refractivity contribution < 1.29 is 101 Å². The van der Waals surface area contributed by atoms with E-state index in [1.165, 1.54) is 40.3 Å². The van der Waals surface area contributed by atoms with E-state index in [4.69, 9.17) is 27.5 Å². The van der Waals surface area contributed by atoms with Crippen molar-refractivity contribution in [1.29, 1.82) is 0 Å². The highest BCUT2D eigenvalue weighted by atomic mass is 35.5. The van der Waals surface area contributed by atoms with Crippen LogP contribution in [0.4, 0.5) is 0 Å². The molecule has 6 aliphatic carbocycles. The van der Waals surface area contributed by atoms with Crippen LogP contribution in [0.15, 0.2) is 70.2 Å². The number of Topliss-reactive ketones (excluding diaryl/α,β-unsaturated/α-hetero) is 4. The van der Waals surface area contributed by atoms with Crippen LogP contribution in [-0.2, 0) is 28.8 Å². The van der Waals surface area contributed by atoms with Gasteiger partial charge in [-0.15, -0.1) is 12.4 Å². The molecule has 23 heteroatoms. The Hall–Kier alpha value is -6.21. The van der Waals surface area contributed by atoms with Gasteiger partial charge in [-0.2, -0.15) is 0 Å². The van der Waals surface area contributed by atoms with Crippen LogP contribution in [-0.4, -0.2) is 177 Å². The minimum absolute atomic E-state index is 0. The fourth-order valence-corrected chi connectivity index (χ4v) is 10.2. The summed E-state index contributed by atoms with van der Waals surface area (Å²) in [7, 11) is 5.26. The van der Waals surface area contributed by atoms with Gasteiger partial charge in [0.1, 0.15) is 45.7 Å². The van der Waals surface area contributed by atoms with E-state index in [9.17, 15) is 79.8 Å². The molecular weight excluding hydrogens is 932 g/mol. The molecule has 2 aromatic rings. The van der Waals surface area contributed by atoms with Crippen LogP contribution in [0, 0.1) is 23.7 Å². The highest BCUT2D eigenvalue weighted by molar-refractivity contribution is 6.26. The third-order valence-corrected chi connectivity index (χ3v) is 13.0. The Morgan fingerprint density at radius 3 is 1.23 bits per heavy atom. The first-order valence-electron chi connectivity index (χ1n) is 24.2. The molecule has 0 unspecified atom stereocenters. The summed E-state index contributed by atoms with van der Waals surface area (Å²) in [6, 6.07) is 3.52. The van der Waals surface area contributed by atoms with Gasteiger partial charge >= 0.3 is 0 Å². The summed E-state index contributed by atoms with van der Waals surface area (Å²) in [4.78, 5) is 80.3. The van der Waals surface area contributed by atoms with Gasteiger partial charge in [-0.05, 0) is 70.2 Å². The zero-order valence-corrected chi connectivity index (χ0v) is 37.9. The number of hydrogen-bond donors (Lipinski definition) is 13. The number of halogens is 1. The maximum Gasteiger partial charge on any atom is 0.255 e. The van der Waals surface area contributed by atoms with Crippen molar-refractivity contribution in [3.8, 4) is 11.5 Å². The van der Waals surface area contributed by atoms with Crippen molar-refractivity contribution in [2.24, 2.45) is 35.1 Å². The molecular formula is C46H57ClN4O18. The fourth-order valence-electron chi connectivity index (χ4n) is 10.2. The fraction of sp³-hybridized carbons (Fsp3) is 0.435. The molecule has 0 aliphatic heterocycles. The van der Waals surface area contributed by atoms with Crippen molar-refractivity contribution in [2.75, 3.05) is 34.8 Å². The van der Waals surface area contributed by atoms with E-state index in [-0.39, 0.29) is 24.5 Å². The maximum atomic E-state index is 13.9. The molecule has 0 spiro atoms. The summed E-state index contributed by atoms with van der Waals surface area (Å²) >= 11 is 0. The predicted molar refractivity (Wildman–Crippen MR) is 244 cm³/mol. The largest absolute Gasteiger partial charge is 0.508 e. The molecule has 2 aromatic carbocycles. The van der Waals surface area contributed by atoms with E-state index >= 15 is 0 Å². The van der Waals surface area contributed by atoms with Gasteiger partial charge in [-0.1, -0.05) is 38.0 Å². The van der Waals surface area contributed by atoms with Gasteiger partial charge in [0.15, 0.2) is 22.8 Å². The van der Waals surface area contributed by atoms with Crippen molar-refractivity contribution in [1.82, 2.24) is 9.80 Å². The summed E-state index contributed by atoms with van der Waals surface area (Å²) in [5.74, 6) is -28.4. The smallest absolute Gasteiger partial charge is 0.255 e. The Labute approximate surface area is 411 Å². The Morgan fingerprint density at radius 2 is 0.971 bits per heavy atom. The number of carbonyl (C=O) groups is 6. The van der Waals surface area contributed by atoms with Crippen LogP contribution in [0.5, 0.6) is 11.5 Å². The maximum absolute atomic E-state index is 13.9. The number of amides is 2. The number of nitrogens with zero attached hydrogens (tertiary/aromatic N) is 2. The van der Waals surface area contributed by atoms with Crippen LogP contribution < -0.4 is 11.5 Å². The zero-order valence-electron chi connectivity index (χ0n) is 45.1. The second-order valence-corrected chi connectivity index (χ2v) is 17.0. The summed E-state index contributed by atoms with van der Waals surface area (Å²) in [6.07, 6.45) is -4.41. The molecule has 6 aliphatic rings. The van der Waals surface area contributed by atoms with Crippen molar-refractivity contribution >= 4 is 58.9 Å². The van der Waals surface area contributed by atoms with Crippen LogP contribution in [0.2, 0.25) is 0 Å². The molecule has 69 heavy (non-hydrogen) atoms. The summed E-state index contributed by atoms with van der Waals surface area (Å²) in [6.45, 7) is -4.61. The second-order valence-electron chi connectivity index (χ2n) is 17.0. The minimum Gasteiger partial charge on any atom is -0.508 e. The number of aromatic hydroxyl groups is 2. The monoisotopic (exact) mass is 996 g/mol. The molecule has 0 heterocycles. The molecule has 2 fully saturated rings. The molecule has 0 aromatic heterocycles. The summed E-state index contributed by atoms with van der Waals surface area (Å²) in [5.41, 5.74) is -2.05. The lowest BCUT2D eigenvalue weighted by molar-refractivity contribution is -0.170. The van der Waals surface area contributed by atoms with Gasteiger partial charge in [-0.25, -0.2) is 0 Å². The summed E-state index contributed by atoms with van der Waals surface area (Å²) < 4.78 is 66.9.